The SMILES string of the molecule is O=C(NCCO)c1cc2[nH]c(=O)n(C3CCN(CC(O)c4ccc(Cl)cc4)CC3)c2cc1F. The molecule has 1 aliphatic heterocycles. The Labute approximate surface area is 194 Å². The van der Waals surface area contributed by atoms with E-state index in [-0.39, 0.29) is 30.4 Å². The van der Waals surface area contributed by atoms with Crippen LogP contribution < -0.4 is 11.0 Å². The Balaban J connectivity index is 1.46. The van der Waals surface area contributed by atoms with Crippen molar-refractivity contribution >= 4 is 28.5 Å². The normalized spacial score (nSPS) is 16.2. The van der Waals surface area contributed by atoms with E-state index in [1.54, 1.807) is 28.8 Å². The van der Waals surface area contributed by atoms with Gasteiger partial charge in [-0.05, 0) is 36.6 Å². The maximum atomic E-state index is 14.6. The number of hydrogen-bond donors (Lipinski definition) is 4. The molecule has 2 aromatic carbocycles. The predicted octanol–water partition coefficient (Wildman–Crippen LogP) is 2.21. The van der Waals surface area contributed by atoms with Crippen LogP contribution in [0.2, 0.25) is 5.02 Å². The van der Waals surface area contributed by atoms with Gasteiger partial charge in [-0.15, -0.1) is 0 Å². The number of carbonyl (C=O) groups excluding carboxylic acids is 1. The number of fused-ring (bicyclic) bond motifs is 1. The third-order valence-corrected chi connectivity index (χ3v) is 6.31. The van der Waals surface area contributed by atoms with Crippen molar-refractivity contribution in [3.05, 3.63) is 68.8 Å². The van der Waals surface area contributed by atoms with Gasteiger partial charge in [-0.25, -0.2) is 9.18 Å². The number of piperidine rings is 1. The molecule has 1 aliphatic rings. The first-order valence-electron chi connectivity index (χ1n) is 10.9. The number of likely N-dealkylation sites (tertiary alicyclic amines) is 1. The van der Waals surface area contributed by atoms with E-state index in [1.807, 2.05) is 0 Å². The predicted molar refractivity (Wildman–Crippen MR) is 123 cm³/mol. The van der Waals surface area contributed by atoms with E-state index in [1.165, 1.54) is 12.1 Å². The van der Waals surface area contributed by atoms with Gasteiger partial charge in [0.05, 0.1) is 29.3 Å². The van der Waals surface area contributed by atoms with Crippen molar-refractivity contribution in [1.29, 1.82) is 0 Å². The molecule has 176 valence electrons. The topological polar surface area (TPSA) is 111 Å². The number of benzene rings is 2. The number of H-pyrrole nitrogens is 1. The third-order valence-electron chi connectivity index (χ3n) is 6.06. The summed E-state index contributed by atoms with van der Waals surface area (Å²) in [6, 6.07) is 9.51. The van der Waals surface area contributed by atoms with E-state index in [0.29, 0.717) is 48.5 Å². The summed E-state index contributed by atoms with van der Waals surface area (Å²) in [7, 11) is 0. The lowest BCUT2D eigenvalue weighted by Crippen LogP contribution is -2.39. The number of aliphatic hydroxyl groups excluding tert-OH is 2. The van der Waals surface area contributed by atoms with Gasteiger partial charge < -0.3 is 25.4 Å². The van der Waals surface area contributed by atoms with Gasteiger partial charge in [0.1, 0.15) is 5.82 Å². The molecule has 3 aromatic rings. The molecule has 4 N–H and O–H groups in total. The number of aromatic amines is 1. The fourth-order valence-electron chi connectivity index (χ4n) is 4.34. The van der Waals surface area contributed by atoms with E-state index in [9.17, 15) is 19.1 Å². The summed E-state index contributed by atoms with van der Waals surface area (Å²) in [5, 5.41) is 22.4. The van der Waals surface area contributed by atoms with Crippen LogP contribution in [0.15, 0.2) is 41.2 Å². The molecular weight excluding hydrogens is 451 g/mol. The van der Waals surface area contributed by atoms with Crippen LogP contribution in [0.25, 0.3) is 11.0 Å². The molecule has 0 aliphatic carbocycles. The maximum Gasteiger partial charge on any atom is 0.326 e. The third kappa shape index (κ3) is 5.11. The molecule has 33 heavy (non-hydrogen) atoms. The number of imidazole rings is 1. The summed E-state index contributed by atoms with van der Waals surface area (Å²) in [4.78, 5) is 29.6. The minimum absolute atomic E-state index is 0.0130. The molecule has 1 atom stereocenters. The van der Waals surface area contributed by atoms with Gasteiger partial charge in [-0.2, -0.15) is 0 Å². The zero-order valence-corrected chi connectivity index (χ0v) is 18.7. The van der Waals surface area contributed by atoms with Crippen LogP contribution in [0.1, 0.15) is 40.9 Å². The summed E-state index contributed by atoms with van der Waals surface area (Å²) in [6.45, 7) is 1.59. The molecule has 0 radical (unpaired) electrons. The first-order chi connectivity index (χ1) is 15.9. The van der Waals surface area contributed by atoms with Crippen molar-refractivity contribution in [2.45, 2.75) is 25.0 Å². The van der Waals surface area contributed by atoms with E-state index in [2.05, 4.69) is 15.2 Å². The van der Waals surface area contributed by atoms with Crippen molar-refractivity contribution < 1.29 is 19.4 Å². The Kier molecular flexibility index (Phi) is 7.14. The fourth-order valence-corrected chi connectivity index (χ4v) is 4.47. The average molecular weight is 477 g/mol. The van der Waals surface area contributed by atoms with Gasteiger partial charge in [0.2, 0.25) is 0 Å². The van der Waals surface area contributed by atoms with Crippen molar-refractivity contribution in [2.24, 2.45) is 0 Å². The molecule has 1 saturated heterocycles. The summed E-state index contributed by atoms with van der Waals surface area (Å²) in [5.41, 5.74) is 1.06. The average Bonchev–Trinajstić information content (AvgIpc) is 3.12. The lowest BCUT2D eigenvalue weighted by atomic mass is 10.0. The number of aromatic nitrogens is 2. The Morgan fingerprint density at radius 1 is 1.24 bits per heavy atom. The molecule has 0 spiro atoms. The highest BCUT2D eigenvalue weighted by atomic mass is 35.5. The van der Waals surface area contributed by atoms with Crippen LogP contribution in [0.3, 0.4) is 0 Å². The number of hydrogen-bond acceptors (Lipinski definition) is 5. The van der Waals surface area contributed by atoms with Gasteiger partial charge in [0, 0.05) is 43.3 Å². The highest BCUT2D eigenvalue weighted by Gasteiger charge is 2.26. The number of nitrogens with zero attached hydrogens (tertiary/aromatic N) is 2. The van der Waals surface area contributed by atoms with Gasteiger partial charge in [0.25, 0.3) is 5.91 Å². The van der Waals surface area contributed by atoms with E-state index in [4.69, 9.17) is 16.7 Å². The zero-order valence-electron chi connectivity index (χ0n) is 17.9. The number of amides is 1. The Morgan fingerprint density at radius 2 is 1.94 bits per heavy atom. The number of rotatable bonds is 7. The summed E-state index contributed by atoms with van der Waals surface area (Å²) < 4.78 is 16.2. The molecule has 1 unspecified atom stereocenters. The largest absolute Gasteiger partial charge is 0.395 e. The smallest absolute Gasteiger partial charge is 0.326 e. The summed E-state index contributed by atoms with van der Waals surface area (Å²) >= 11 is 5.91. The summed E-state index contributed by atoms with van der Waals surface area (Å²) in [6.07, 6.45) is 0.695. The minimum atomic E-state index is -0.728. The summed E-state index contributed by atoms with van der Waals surface area (Å²) in [5.74, 6) is -1.38. The molecule has 1 aromatic heterocycles. The standard InChI is InChI=1S/C23H26ClFN4O4/c24-15-3-1-14(2-4-15)21(31)13-28-8-5-16(6-9-28)29-20-12-18(25)17(22(32)26-7-10-30)11-19(20)27-23(29)33/h1-4,11-12,16,21,30-31H,5-10,13H2,(H,26,32)(H,27,33). The highest BCUT2D eigenvalue weighted by molar-refractivity contribution is 6.30. The van der Waals surface area contributed by atoms with Gasteiger partial charge >= 0.3 is 5.69 Å². The molecule has 10 heteroatoms. The molecule has 0 saturated carbocycles. The fraction of sp³-hybridized carbons (Fsp3) is 0.391. The van der Waals surface area contributed by atoms with E-state index in [0.717, 1.165) is 5.56 Å². The van der Waals surface area contributed by atoms with Crippen LogP contribution in [-0.4, -0.2) is 63.4 Å². The monoisotopic (exact) mass is 476 g/mol. The molecule has 8 nitrogen and oxygen atoms in total. The Bertz CT molecular complexity index is 1190. The van der Waals surface area contributed by atoms with Gasteiger partial charge in [-0.3, -0.25) is 9.36 Å². The second-order valence-corrected chi connectivity index (χ2v) is 8.66. The highest BCUT2D eigenvalue weighted by Crippen LogP contribution is 2.27. The van der Waals surface area contributed by atoms with Crippen molar-refractivity contribution in [1.82, 2.24) is 19.8 Å². The van der Waals surface area contributed by atoms with Crippen LogP contribution in [0.5, 0.6) is 0 Å². The number of nitrogens with one attached hydrogen (secondary N) is 2. The molecule has 1 amide bonds. The lowest BCUT2D eigenvalue weighted by Gasteiger charge is -2.33. The second-order valence-electron chi connectivity index (χ2n) is 8.23. The van der Waals surface area contributed by atoms with Gasteiger partial charge in [-0.1, -0.05) is 23.7 Å². The first kappa shape index (κ1) is 23.4. The van der Waals surface area contributed by atoms with Crippen LogP contribution >= 0.6 is 11.6 Å². The van der Waals surface area contributed by atoms with Crippen LogP contribution in [0, 0.1) is 5.82 Å². The van der Waals surface area contributed by atoms with E-state index < -0.39 is 17.8 Å². The molecule has 0 bridgehead atoms. The number of β-amino-alcohol motifs (C(OH)–C–C–N with tert-alkyl or cyclic N) is 1. The number of carbonyl (C=O) groups is 1. The lowest BCUT2D eigenvalue weighted by molar-refractivity contribution is 0.0906. The number of halogens is 2. The van der Waals surface area contributed by atoms with Crippen molar-refractivity contribution in [3.8, 4) is 0 Å². The van der Waals surface area contributed by atoms with Crippen molar-refractivity contribution in [2.75, 3.05) is 32.8 Å². The first-order valence-corrected chi connectivity index (χ1v) is 11.2. The number of aliphatic hydroxyl groups is 2. The van der Waals surface area contributed by atoms with Crippen molar-refractivity contribution in [3.63, 3.8) is 0 Å². The Morgan fingerprint density at radius 3 is 2.61 bits per heavy atom. The van der Waals surface area contributed by atoms with E-state index >= 15 is 0 Å². The van der Waals surface area contributed by atoms with Gasteiger partial charge in [0.15, 0.2) is 0 Å². The molecular formula is C23H26ClFN4O4. The molecule has 2 heterocycles. The Hall–Kier alpha value is -2.72. The quantitative estimate of drug-likeness (QED) is 0.418. The zero-order chi connectivity index (χ0) is 23.5. The molecule has 4 rings (SSSR count). The second kappa shape index (κ2) is 10.0. The van der Waals surface area contributed by atoms with Crippen LogP contribution in [-0.2, 0) is 0 Å². The van der Waals surface area contributed by atoms with Crippen LogP contribution in [0.4, 0.5) is 4.39 Å². The molecule has 1 fully saturated rings. The maximum absolute atomic E-state index is 14.6. The minimum Gasteiger partial charge on any atom is -0.395 e.